The highest BCUT2D eigenvalue weighted by atomic mass is 16.7. The van der Waals surface area contributed by atoms with Crippen LogP contribution in [0.15, 0.2) is 36.4 Å². The third-order valence-corrected chi connectivity index (χ3v) is 2.72. The maximum absolute atomic E-state index is 5.51. The average molecular weight is 248 g/mol. The van der Waals surface area contributed by atoms with Crippen molar-refractivity contribution in [3.8, 4) is 0 Å². The van der Waals surface area contributed by atoms with Gasteiger partial charge in [0.25, 0.3) is 0 Å². The van der Waals surface area contributed by atoms with Crippen LogP contribution in [-0.4, -0.2) is 32.7 Å². The molecule has 0 spiro atoms. The second-order valence-corrected chi connectivity index (χ2v) is 4.20. The van der Waals surface area contributed by atoms with Gasteiger partial charge in [-0.25, -0.2) is 0 Å². The molecule has 0 bridgehead atoms. The molecule has 2 rings (SSSR count). The van der Waals surface area contributed by atoms with Gasteiger partial charge in [-0.1, -0.05) is 42.5 Å². The number of hydrogen-bond donors (Lipinski definition) is 0. The second kappa shape index (κ2) is 8.03. The van der Waals surface area contributed by atoms with Gasteiger partial charge in [0.15, 0.2) is 6.29 Å². The summed E-state index contributed by atoms with van der Waals surface area (Å²) >= 11 is 0. The van der Waals surface area contributed by atoms with E-state index in [2.05, 4.69) is 18.2 Å². The van der Waals surface area contributed by atoms with Gasteiger partial charge >= 0.3 is 0 Å². The van der Waals surface area contributed by atoms with Crippen LogP contribution in [0.5, 0.6) is 0 Å². The van der Waals surface area contributed by atoms with E-state index in [-0.39, 0.29) is 6.29 Å². The van der Waals surface area contributed by atoms with Gasteiger partial charge in [-0.2, -0.15) is 0 Å². The van der Waals surface area contributed by atoms with Gasteiger partial charge in [-0.3, -0.25) is 0 Å². The molecule has 0 aromatic heterocycles. The zero-order valence-electron chi connectivity index (χ0n) is 10.6. The lowest BCUT2D eigenvalue weighted by Gasteiger charge is -2.22. The maximum Gasteiger partial charge on any atom is 0.159 e. The minimum absolute atomic E-state index is 0.0724. The molecule has 0 saturated carbocycles. The van der Waals surface area contributed by atoms with Crippen molar-refractivity contribution in [2.45, 2.75) is 19.1 Å². The SMILES string of the molecule is C(=Cc1ccccc1)COCCC1OCCCO1. The molecule has 1 heterocycles. The average Bonchev–Trinajstić information content (AvgIpc) is 2.45. The van der Waals surface area contributed by atoms with Gasteiger partial charge < -0.3 is 14.2 Å². The van der Waals surface area contributed by atoms with Crippen LogP contribution in [0, 0.1) is 0 Å². The summed E-state index contributed by atoms with van der Waals surface area (Å²) in [6.07, 6.45) is 5.82. The molecule has 0 aliphatic carbocycles. The molecule has 1 aromatic rings. The van der Waals surface area contributed by atoms with Gasteiger partial charge in [0.2, 0.25) is 0 Å². The van der Waals surface area contributed by atoms with Crippen molar-refractivity contribution in [2.24, 2.45) is 0 Å². The summed E-state index contributed by atoms with van der Waals surface area (Å²) in [6.45, 7) is 2.91. The minimum Gasteiger partial charge on any atom is -0.377 e. The number of hydrogen-bond acceptors (Lipinski definition) is 3. The fraction of sp³-hybridized carbons (Fsp3) is 0.467. The van der Waals surface area contributed by atoms with Crippen molar-refractivity contribution in [2.75, 3.05) is 26.4 Å². The molecule has 1 saturated heterocycles. The molecule has 3 heteroatoms. The van der Waals surface area contributed by atoms with Crippen molar-refractivity contribution < 1.29 is 14.2 Å². The fourth-order valence-electron chi connectivity index (χ4n) is 1.78. The van der Waals surface area contributed by atoms with Crippen LogP contribution in [0.3, 0.4) is 0 Å². The van der Waals surface area contributed by atoms with E-state index in [1.807, 2.05) is 24.3 Å². The predicted molar refractivity (Wildman–Crippen MR) is 71.2 cm³/mol. The minimum atomic E-state index is -0.0724. The predicted octanol–water partition coefficient (Wildman–Crippen LogP) is 2.87. The standard InChI is InChI=1S/C15H20O3/c1-2-6-14(7-3-1)8-4-10-16-13-9-15-17-11-5-12-18-15/h1-4,6-8,15H,5,9-13H2. The number of ether oxygens (including phenoxy) is 3. The van der Waals surface area contributed by atoms with Gasteiger partial charge in [0.05, 0.1) is 26.4 Å². The van der Waals surface area contributed by atoms with E-state index in [1.165, 1.54) is 5.56 Å². The van der Waals surface area contributed by atoms with E-state index < -0.39 is 0 Å². The first-order valence-electron chi connectivity index (χ1n) is 6.48. The lowest BCUT2D eigenvalue weighted by molar-refractivity contribution is -0.185. The van der Waals surface area contributed by atoms with E-state index in [0.717, 1.165) is 26.1 Å². The zero-order chi connectivity index (χ0) is 12.5. The Hall–Kier alpha value is -1.16. The number of rotatable bonds is 6. The van der Waals surface area contributed by atoms with E-state index in [9.17, 15) is 0 Å². The molecular weight excluding hydrogens is 228 g/mol. The molecule has 1 fully saturated rings. The van der Waals surface area contributed by atoms with Crippen LogP contribution in [-0.2, 0) is 14.2 Å². The summed E-state index contributed by atoms with van der Waals surface area (Å²) in [5.41, 5.74) is 1.19. The molecule has 0 N–H and O–H groups in total. The Morgan fingerprint density at radius 2 is 1.94 bits per heavy atom. The van der Waals surface area contributed by atoms with Gasteiger partial charge in [-0.15, -0.1) is 0 Å². The molecule has 98 valence electrons. The van der Waals surface area contributed by atoms with Crippen LogP contribution in [0.4, 0.5) is 0 Å². The zero-order valence-corrected chi connectivity index (χ0v) is 10.6. The van der Waals surface area contributed by atoms with E-state index in [4.69, 9.17) is 14.2 Å². The number of benzene rings is 1. The van der Waals surface area contributed by atoms with Crippen molar-refractivity contribution in [1.82, 2.24) is 0 Å². The first kappa shape index (κ1) is 13.3. The van der Waals surface area contributed by atoms with E-state index in [1.54, 1.807) is 0 Å². The first-order chi connectivity index (χ1) is 8.95. The Morgan fingerprint density at radius 1 is 1.17 bits per heavy atom. The lowest BCUT2D eigenvalue weighted by Crippen LogP contribution is -2.26. The maximum atomic E-state index is 5.51. The summed E-state index contributed by atoms with van der Waals surface area (Å²) < 4.78 is 16.4. The Balaban J connectivity index is 1.54. The largest absolute Gasteiger partial charge is 0.377 e. The summed E-state index contributed by atoms with van der Waals surface area (Å²) in [5, 5.41) is 0. The third kappa shape index (κ3) is 5.00. The smallest absolute Gasteiger partial charge is 0.159 e. The van der Waals surface area contributed by atoms with Crippen molar-refractivity contribution in [1.29, 1.82) is 0 Å². The molecule has 1 aliphatic rings. The summed E-state index contributed by atoms with van der Waals surface area (Å²) in [7, 11) is 0. The molecule has 3 nitrogen and oxygen atoms in total. The van der Waals surface area contributed by atoms with Crippen LogP contribution in [0.25, 0.3) is 6.08 Å². The summed E-state index contributed by atoms with van der Waals surface area (Å²) in [4.78, 5) is 0. The Bertz CT molecular complexity index is 342. The van der Waals surface area contributed by atoms with Crippen molar-refractivity contribution in [3.05, 3.63) is 42.0 Å². The quantitative estimate of drug-likeness (QED) is 0.724. The van der Waals surface area contributed by atoms with Gasteiger partial charge in [0.1, 0.15) is 0 Å². The van der Waals surface area contributed by atoms with Gasteiger partial charge in [0, 0.05) is 6.42 Å². The Kier molecular flexibility index (Phi) is 5.92. The molecule has 0 atom stereocenters. The lowest BCUT2D eigenvalue weighted by atomic mass is 10.2. The van der Waals surface area contributed by atoms with Crippen LogP contribution in [0.1, 0.15) is 18.4 Å². The van der Waals surface area contributed by atoms with Crippen molar-refractivity contribution >= 4 is 6.08 Å². The molecule has 0 amide bonds. The van der Waals surface area contributed by atoms with Crippen LogP contribution in [0.2, 0.25) is 0 Å². The second-order valence-electron chi connectivity index (χ2n) is 4.20. The first-order valence-corrected chi connectivity index (χ1v) is 6.48. The molecule has 0 radical (unpaired) electrons. The van der Waals surface area contributed by atoms with Crippen molar-refractivity contribution in [3.63, 3.8) is 0 Å². The molecule has 18 heavy (non-hydrogen) atoms. The molecular formula is C15H20O3. The molecule has 1 aliphatic heterocycles. The fourth-order valence-corrected chi connectivity index (χ4v) is 1.78. The highest BCUT2D eigenvalue weighted by Crippen LogP contribution is 2.08. The highest BCUT2D eigenvalue weighted by Gasteiger charge is 2.12. The third-order valence-electron chi connectivity index (χ3n) is 2.72. The van der Waals surface area contributed by atoms with Crippen LogP contribution < -0.4 is 0 Å². The van der Waals surface area contributed by atoms with E-state index in [0.29, 0.717) is 13.2 Å². The Morgan fingerprint density at radius 3 is 2.72 bits per heavy atom. The van der Waals surface area contributed by atoms with E-state index >= 15 is 0 Å². The normalized spacial score (nSPS) is 17.3. The topological polar surface area (TPSA) is 27.7 Å². The van der Waals surface area contributed by atoms with Gasteiger partial charge in [-0.05, 0) is 12.0 Å². The molecule has 1 aromatic carbocycles. The monoisotopic (exact) mass is 248 g/mol. The Labute approximate surface area is 108 Å². The highest BCUT2D eigenvalue weighted by molar-refractivity contribution is 5.48. The van der Waals surface area contributed by atoms with Crippen LogP contribution >= 0.6 is 0 Å². The molecule has 0 unspecified atom stereocenters. The summed E-state index contributed by atoms with van der Waals surface area (Å²) in [6, 6.07) is 10.2. The summed E-state index contributed by atoms with van der Waals surface area (Å²) in [5.74, 6) is 0.